The number of benzene rings is 2. The van der Waals surface area contributed by atoms with E-state index in [1.807, 2.05) is 24.3 Å². The van der Waals surface area contributed by atoms with E-state index in [9.17, 15) is 4.79 Å². The summed E-state index contributed by atoms with van der Waals surface area (Å²) in [6.07, 6.45) is 1.79. The van der Waals surface area contributed by atoms with E-state index in [0.29, 0.717) is 6.54 Å². The number of carbonyl (C=O) groups is 1. The quantitative estimate of drug-likeness (QED) is 0.812. The lowest BCUT2D eigenvalue weighted by atomic mass is 10.0. The summed E-state index contributed by atoms with van der Waals surface area (Å²) in [4.78, 5) is 12.3. The fraction of sp³-hybridized carbons (Fsp3) is 0.350. The van der Waals surface area contributed by atoms with Crippen molar-refractivity contribution in [3.05, 3.63) is 53.1 Å². The Labute approximate surface area is 148 Å². The van der Waals surface area contributed by atoms with Gasteiger partial charge in [-0.05, 0) is 41.7 Å². The molecule has 0 saturated heterocycles. The number of amides is 1. The third-order valence-corrected chi connectivity index (χ3v) is 4.31. The van der Waals surface area contributed by atoms with E-state index in [-0.39, 0.29) is 19.2 Å². The Balaban J connectivity index is 1.55. The zero-order valence-corrected chi connectivity index (χ0v) is 14.7. The summed E-state index contributed by atoms with van der Waals surface area (Å²) in [6.45, 7) is 5.33. The summed E-state index contributed by atoms with van der Waals surface area (Å²) in [5.41, 5.74) is 4.36. The van der Waals surface area contributed by atoms with Crippen molar-refractivity contribution in [3.63, 3.8) is 0 Å². The summed E-state index contributed by atoms with van der Waals surface area (Å²) in [6, 6.07) is 12.0. The molecular weight excluding hydrogens is 316 g/mol. The van der Waals surface area contributed by atoms with Crippen molar-refractivity contribution in [2.75, 3.05) is 18.7 Å². The van der Waals surface area contributed by atoms with Crippen molar-refractivity contribution in [2.24, 2.45) is 0 Å². The molecule has 1 heterocycles. The predicted octanol–water partition coefficient (Wildman–Crippen LogP) is 3.27. The summed E-state index contributed by atoms with van der Waals surface area (Å²) >= 11 is 0. The molecule has 0 spiro atoms. The Kier molecular flexibility index (Phi) is 5.56. The minimum atomic E-state index is -0.0312. The van der Waals surface area contributed by atoms with Crippen molar-refractivity contribution in [3.8, 4) is 11.5 Å². The maximum atomic E-state index is 12.3. The molecule has 2 N–H and O–H groups in total. The molecule has 2 aromatic rings. The maximum absolute atomic E-state index is 12.3. The van der Waals surface area contributed by atoms with Gasteiger partial charge in [0.25, 0.3) is 0 Å². The van der Waals surface area contributed by atoms with Crippen molar-refractivity contribution in [1.29, 1.82) is 0 Å². The molecule has 2 aromatic carbocycles. The molecule has 1 aliphatic heterocycles. The van der Waals surface area contributed by atoms with Gasteiger partial charge < -0.3 is 20.1 Å². The lowest BCUT2D eigenvalue weighted by Gasteiger charge is -2.14. The van der Waals surface area contributed by atoms with Gasteiger partial charge >= 0.3 is 0 Å². The molecule has 0 radical (unpaired) electrons. The summed E-state index contributed by atoms with van der Waals surface area (Å²) in [5.74, 6) is 1.49. The van der Waals surface area contributed by atoms with Gasteiger partial charge in [0.2, 0.25) is 12.7 Å². The minimum Gasteiger partial charge on any atom is -0.454 e. The van der Waals surface area contributed by atoms with Crippen LogP contribution in [0.1, 0.15) is 30.5 Å². The molecule has 3 rings (SSSR count). The van der Waals surface area contributed by atoms with Gasteiger partial charge in [-0.15, -0.1) is 0 Å². The van der Waals surface area contributed by atoms with Crippen LogP contribution >= 0.6 is 0 Å². The Bertz CT molecular complexity index is 736. The summed E-state index contributed by atoms with van der Waals surface area (Å²) in [5, 5.41) is 6.24. The van der Waals surface area contributed by atoms with Crippen LogP contribution in [0.4, 0.5) is 5.69 Å². The Morgan fingerprint density at radius 2 is 1.76 bits per heavy atom. The normalized spacial score (nSPS) is 12.2. The average Bonchev–Trinajstić information content (AvgIpc) is 3.09. The summed E-state index contributed by atoms with van der Waals surface area (Å²) < 4.78 is 10.7. The van der Waals surface area contributed by atoms with E-state index in [2.05, 4.69) is 36.6 Å². The molecule has 0 unspecified atom stereocenters. The second-order valence-corrected chi connectivity index (χ2v) is 6.00. The van der Waals surface area contributed by atoms with Crippen LogP contribution in [0.25, 0.3) is 0 Å². The molecule has 0 atom stereocenters. The smallest absolute Gasteiger partial charge is 0.238 e. The number of carbonyl (C=O) groups excluding carboxylic acids is 1. The number of anilines is 1. The molecule has 5 nitrogen and oxygen atoms in total. The highest BCUT2D eigenvalue weighted by Gasteiger charge is 2.13. The van der Waals surface area contributed by atoms with E-state index in [4.69, 9.17) is 9.47 Å². The highest BCUT2D eigenvalue weighted by atomic mass is 16.7. The molecule has 0 saturated carbocycles. The average molecular weight is 340 g/mol. The van der Waals surface area contributed by atoms with Crippen molar-refractivity contribution in [2.45, 2.75) is 33.2 Å². The molecule has 0 fully saturated rings. The number of hydrogen-bond donors (Lipinski definition) is 2. The highest BCUT2D eigenvalue weighted by molar-refractivity contribution is 5.93. The third kappa shape index (κ3) is 4.12. The number of rotatable bonds is 7. The SMILES string of the molecule is CCc1cccc(CC)c1NC(=O)CNCc1ccc2c(c1)OCO2. The van der Waals surface area contributed by atoms with Gasteiger partial charge in [0.15, 0.2) is 11.5 Å². The Hall–Kier alpha value is -2.53. The molecular formula is C20H24N2O3. The predicted molar refractivity (Wildman–Crippen MR) is 98.1 cm³/mol. The molecule has 25 heavy (non-hydrogen) atoms. The van der Waals surface area contributed by atoms with Crippen LogP contribution in [0.3, 0.4) is 0 Å². The number of nitrogens with one attached hydrogen (secondary N) is 2. The van der Waals surface area contributed by atoms with Gasteiger partial charge in [-0.1, -0.05) is 38.1 Å². The first-order chi connectivity index (χ1) is 12.2. The van der Waals surface area contributed by atoms with Crippen molar-refractivity contribution in [1.82, 2.24) is 5.32 Å². The van der Waals surface area contributed by atoms with Crippen LogP contribution in [0.5, 0.6) is 11.5 Å². The van der Waals surface area contributed by atoms with Crippen molar-refractivity contribution >= 4 is 11.6 Å². The van der Waals surface area contributed by atoms with Crippen LogP contribution in [-0.4, -0.2) is 19.2 Å². The number of hydrogen-bond acceptors (Lipinski definition) is 4. The van der Waals surface area contributed by atoms with Gasteiger partial charge in [-0.25, -0.2) is 0 Å². The Morgan fingerprint density at radius 1 is 1.04 bits per heavy atom. The largest absolute Gasteiger partial charge is 0.454 e. The first-order valence-corrected chi connectivity index (χ1v) is 8.71. The lowest BCUT2D eigenvalue weighted by Crippen LogP contribution is -2.28. The fourth-order valence-electron chi connectivity index (χ4n) is 2.96. The molecule has 132 valence electrons. The Morgan fingerprint density at radius 3 is 2.48 bits per heavy atom. The molecule has 0 aliphatic carbocycles. The molecule has 0 bridgehead atoms. The lowest BCUT2D eigenvalue weighted by molar-refractivity contribution is -0.115. The monoisotopic (exact) mass is 340 g/mol. The van der Waals surface area contributed by atoms with E-state index >= 15 is 0 Å². The van der Waals surface area contributed by atoms with Gasteiger partial charge in [0.1, 0.15) is 0 Å². The van der Waals surface area contributed by atoms with E-state index < -0.39 is 0 Å². The maximum Gasteiger partial charge on any atom is 0.238 e. The molecule has 1 aliphatic rings. The highest BCUT2D eigenvalue weighted by Crippen LogP contribution is 2.32. The molecule has 1 amide bonds. The van der Waals surface area contributed by atoms with Crippen LogP contribution in [0.2, 0.25) is 0 Å². The second kappa shape index (κ2) is 8.03. The molecule has 5 heteroatoms. The van der Waals surface area contributed by atoms with Gasteiger partial charge in [-0.2, -0.15) is 0 Å². The number of para-hydroxylation sites is 1. The number of aryl methyl sites for hydroxylation is 2. The standard InChI is InChI=1S/C20H24N2O3/c1-3-15-6-5-7-16(4-2)20(15)22-19(23)12-21-11-14-8-9-17-18(10-14)25-13-24-17/h5-10,21H,3-4,11-13H2,1-2H3,(H,22,23). The van der Waals surface area contributed by atoms with Gasteiger partial charge in [0.05, 0.1) is 6.54 Å². The van der Waals surface area contributed by atoms with Crippen LogP contribution in [0, 0.1) is 0 Å². The van der Waals surface area contributed by atoms with Crippen LogP contribution in [0.15, 0.2) is 36.4 Å². The fourth-order valence-corrected chi connectivity index (χ4v) is 2.96. The van der Waals surface area contributed by atoms with Crippen LogP contribution in [-0.2, 0) is 24.2 Å². The minimum absolute atomic E-state index is 0.0312. The first kappa shape index (κ1) is 17.3. The van der Waals surface area contributed by atoms with Gasteiger partial charge in [0, 0.05) is 12.2 Å². The van der Waals surface area contributed by atoms with Crippen molar-refractivity contribution < 1.29 is 14.3 Å². The number of ether oxygens (including phenoxy) is 2. The van der Waals surface area contributed by atoms with Crippen LogP contribution < -0.4 is 20.1 Å². The first-order valence-electron chi connectivity index (χ1n) is 8.71. The second-order valence-electron chi connectivity index (χ2n) is 6.00. The van der Waals surface area contributed by atoms with E-state index in [1.165, 1.54) is 11.1 Å². The third-order valence-electron chi connectivity index (χ3n) is 4.31. The zero-order chi connectivity index (χ0) is 17.6. The number of fused-ring (bicyclic) bond motifs is 1. The topological polar surface area (TPSA) is 59.6 Å². The van der Waals surface area contributed by atoms with E-state index in [0.717, 1.165) is 35.6 Å². The van der Waals surface area contributed by atoms with E-state index in [1.54, 1.807) is 0 Å². The molecule has 0 aromatic heterocycles. The summed E-state index contributed by atoms with van der Waals surface area (Å²) in [7, 11) is 0. The van der Waals surface area contributed by atoms with Gasteiger partial charge in [-0.3, -0.25) is 4.79 Å². The zero-order valence-electron chi connectivity index (χ0n) is 14.7.